The monoisotopic (exact) mass is 230 g/mol. The lowest BCUT2D eigenvalue weighted by Crippen LogP contribution is -2.45. The van der Waals surface area contributed by atoms with E-state index in [2.05, 4.69) is 6.58 Å². The van der Waals surface area contributed by atoms with Gasteiger partial charge in [0.05, 0.1) is 5.25 Å². The van der Waals surface area contributed by atoms with Crippen LogP contribution in [-0.2, 0) is 14.8 Å². The van der Waals surface area contributed by atoms with Crippen LogP contribution in [0.5, 0.6) is 0 Å². The highest BCUT2D eigenvalue weighted by Crippen LogP contribution is 2.41. The fraction of sp³-hybridized carbons (Fsp3) is 0.667. The Labute approximate surface area is 88.9 Å². The van der Waals surface area contributed by atoms with Crippen molar-refractivity contribution < 1.29 is 13.2 Å². The number of carbonyl (C=O) groups is 1. The highest BCUT2D eigenvalue weighted by molar-refractivity contribution is 7.90. The average Bonchev–Trinajstić information content (AvgIpc) is 3.05. The van der Waals surface area contributed by atoms with Gasteiger partial charge in [0.15, 0.2) is 0 Å². The van der Waals surface area contributed by atoms with Crippen molar-refractivity contribution in [2.24, 2.45) is 17.7 Å². The molecule has 84 valence electrons. The molecule has 0 aromatic heterocycles. The summed E-state index contributed by atoms with van der Waals surface area (Å²) in [6.45, 7) is 3.56. The van der Waals surface area contributed by atoms with Gasteiger partial charge in [0.1, 0.15) is 0 Å². The van der Waals surface area contributed by atoms with E-state index < -0.39 is 21.2 Å². The second kappa shape index (κ2) is 3.31. The molecule has 0 heterocycles. The quantitative estimate of drug-likeness (QED) is 0.319. The Hall–Kier alpha value is -0.880. The maximum atomic E-state index is 11.6. The maximum Gasteiger partial charge on any atom is 0.254 e. The number of nitrogens with two attached hydrogens (primary N) is 1. The van der Waals surface area contributed by atoms with Crippen LogP contribution >= 0.6 is 0 Å². The first-order chi connectivity index (χ1) is 6.98. The fourth-order valence-electron chi connectivity index (χ4n) is 1.57. The lowest BCUT2D eigenvalue weighted by molar-refractivity contribution is -0.128. The Bertz CT molecular complexity index is 400. The summed E-state index contributed by atoms with van der Waals surface area (Å²) in [5.41, 5.74) is 0. The zero-order valence-corrected chi connectivity index (χ0v) is 9.11. The molecule has 2 aliphatic rings. The summed E-state index contributed by atoms with van der Waals surface area (Å²) < 4.78 is 23.7. The summed E-state index contributed by atoms with van der Waals surface area (Å²) >= 11 is 0. The molecule has 2 N–H and O–H groups in total. The van der Waals surface area contributed by atoms with Crippen LogP contribution in [-0.4, -0.2) is 24.0 Å². The van der Waals surface area contributed by atoms with Gasteiger partial charge in [-0.2, -0.15) is 4.41 Å². The molecular formula is C9H14N2O3S. The molecule has 6 heteroatoms. The molecule has 0 aromatic carbocycles. The van der Waals surface area contributed by atoms with Gasteiger partial charge in [0, 0.05) is 5.92 Å². The standard InChI is InChI=1S/C9H14N2O3S/c1-2-6-5-8(6)9(12)11(10)15(13,14)7-3-4-7/h2,6-8H,1,3-5,10H2/t6-,8+/m1/s1. The van der Waals surface area contributed by atoms with E-state index in [-0.39, 0.29) is 11.8 Å². The Kier molecular flexibility index (Phi) is 2.35. The van der Waals surface area contributed by atoms with E-state index in [1.807, 2.05) is 0 Å². The zero-order valence-electron chi connectivity index (χ0n) is 8.30. The largest absolute Gasteiger partial charge is 0.272 e. The van der Waals surface area contributed by atoms with Crippen LogP contribution in [0.25, 0.3) is 0 Å². The number of amides is 1. The third kappa shape index (κ3) is 1.79. The molecule has 2 saturated carbocycles. The van der Waals surface area contributed by atoms with Gasteiger partial charge in [-0.15, -0.1) is 6.58 Å². The van der Waals surface area contributed by atoms with Crippen LogP contribution in [0, 0.1) is 11.8 Å². The molecule has 0 spiro atoms. The number of hydrogen-bond donors (Lipinski definition) is 1. The first-order valence-corrected chi connectivity index (χ1v) is 6.44. The second-order valence-corrected chi connectivity index (χ2v) is 6.21. The second-order valence-electron chi connectivity index (χ2n) is 4.12. The maximum absolute atomic E-state index is 11.6. The van der Waals surface area contributed by atoms with Crippen molar-refractivity contribution in [2.45, 2.75) is 24.5 Å². The molecule has 0 bridgehead atoms. The van der Waals surface area contributed by atoms with E-state index in [1.54, 1.807) is 6.08 Å². The minimum atomic E-state index is -3.57. The molecule has 0 radical (unpaired) electrons. The number of hydrazine groups is 1. The van der Waals surface area contributed by atoms with Crippen molar-refractivity contribution in [1.29, 1.82) is 0 Å². The van der Waals surface area contributed by atoms with Crippen molar-refractivity contribution in [3.63, 3.8) is 0 Å². The van der Waals surface area contributed by atoms with Gasteiger partial charge in [0.25, 0.3) is 15.9 Å². The van der Waals surface area contributed by atoms with Crippen molar-refractivity contribution in [1.82, 2.24) is 4.41 Å². The molecule has 2 atom stereocenters. The van der Waals surface area contributed by atoms with Gasteiger partial charge in [-0.3, -0.25) is 4.79 Å². The lowest BCUT2D eigenvalue weighted by Gasteiger charge is -2.16. The van der Waals surface area contributed by atoms with Crippen molar-refractivity contribution >= 4 is 15.9 Å². The van der Waals surface area contributed by atoms with Gasteiger partial charge in [0.2, 0.25) is 0 Å². The number of carbonyl (C=O) groups excluding carboxylic acids is 1. The van der Waals surface area contributed by atoms with E-state index in [4.69, 9.17) is 5.84 Å². The smallest absolute Gasteiger partial charge is 0.254 e. The Morgan fingerprint density at radius 3 is 2.47 bits per heavy atom. The Balaban J connectivity index is 2.05. The summed E-state index contributed by atoms with van der Waals surface area (Å²) in [6.07, 6.45) is 3.55. The van der Waals surface area contributed by atoms with E-state index >= 15 is 0 Å². The third-order valence-corrected chi connectivity index (χ3v) is 4.94. The molecule has 0 aromatic rings. The van der Waals surface area contributed by atoms with Crippen LogP contribution in [0.15, 0.2) is 12.7 Å². The van der Waals surface area contributed by atoms with Crippen LogP contribution in [0.4, 0.5) is 0 Å². The SMILES string of the molecule is C=C[C@@H]1C[C@@H]1C(=O)N(N)S(=O)(=O)C1CC1. The van der Waals surface area contributed by atoms with Crippen LogP contribution in [0.2, 0.25) is 0 Å². The number of hydrogen-bond acceptors (Lipinski definition) is 4. The van der Waals surface area contributed by atoms with Crippen LogP contribution in [0.1, 0.15) is 19.3 Å². The van der Waals surface area contributed by atoms with Gasteiger partial charge in [-0.1, -0.05) is 6.08 Å². The highest BCUT2D eigenvalue weighted by Gasteiger charge is 2.48. The molecule has 0 unspecified atom stereocenters. The molecule has 0 saturated heterocycles. The van der Waals surface area contributed by atoms with Gasteiger partial charge in [-0.25, -0.2) is 14.3 Å². The molecule has 2 fully saturated rings. The summed E-state index contributed by atoms with van der Waals surface area (Å²) in [5.74, 6) is 4.68. The van der Waals surface area contributed by atoms with Crippen LogP contribution in [0.3, 0.4) is 0 Å². The summed E-state index contributed by atoms with van der Waals surface area (Å²) in [5, 5.41) is -0.438. The number of allylic oxidation sites excluding steroid dienone is 1. The minimum Gasteiger partial charge on any atom is -0.272 e. The van der Waals surface area contributed by atoms with Gasteiger partial charge >= 0.3 is 0 Å². The molecular weight excluding hydrogens is 216 g/mol. The molecule has 1 amide bonds. The molecule has 5 nitrogen and oxygen atoms in total. The first kappa shape index (κ1) is 10.6. The Morgan fingerprint density at radius 2 is 2.07 bits per heavy atom. The normalized spacial score (nSPS) is 29.7. The molecule has 2 rings (SSSR count). The number of rotatable bonds is 4. The number of sulfonamides is 1. The third-order valence-electron chi connectivity index (χ3n) is 2.90. The molecule has 2 aliphatic carbocycles. The van der Waals surface area contributed by atoms with Gasteiger partial charge in [-0.05, 0) is 25.2 Å². The summed E-state index contributed by atoms with van der Waals surface area (Å²) in [4.78, 5) is 11.6. The van der Waals surface area contributed by atoms with E-state index in [1.165, 1.54) is 0 Å². The number of nitrogens with zero attached hydrogens (tertiary/aromatic N) is 1. The lowest BCUT2D eigenvalue weighted by atomic mass is 10.3. The predicted octanol–water partition coefficient (Wildman–Crippen LogP) is 0.00300. The zero-order chi connectivity index (χ0) is 11.2. The van der Waals surface area contributed by atoms with Gasteiger partial charge < -0.3 is 0 Å². The minimum absolute atomic E-state index is 0.0953. The fourth-order valence-corrected chi connectivity index (χ4v) is 3.01. The predicted molar refractivity (Wildman–Crippen MR) is 54.8 cm³/mol. The molecule has 0 aliphatic heterocycles. The van der Waals surface area contributed by atoms with E-state index in [9.17, 15) is 13.2 Å². The average molecular weight is 230 g/mol. The van der Waals surface area contributed by atoms with Crippen LogP contribution < -0.4 is 5.84 Å². The van der Waals surface area contributed by atoms with Crippen molar-refractivity contribution in [3.05, 3.63) is 12.7 Å². The van der Waals surface area contributed by atoms with E-state index in [0.29, 0.717) is 23.7 Å². The topological polar surface area (TPSA) is 80.5 Å². The van der Waals surface area contributed by atoms with Crippen molar-refractivity contribution in [2.75, 3.05) is 0 Å². The summed E-state index contributed by atoms with van der Waals surface area (Å²) in [6, 6.07) is 0. The molecule has 15 heavy (non-hydrogen) atoms. The first-order valence-electron chi connectivity index (χ1n) is 4.93. The summed E-state index contributed by atoms with van der Waals surface area (Å²) in [7, 11) is -3.57. The van der Waals surface area contributed by atoms with Crippen molar-refractivity contribution in [3.8, 4) is 0 Å². The highest BCUT2D eigenvalue weighted by atomic mass is 32.2. The Morgan fingerprint density at radius 1 is 1.47 bits per heavy atom. The van der Waals surface area contributed by atoms with E-state index in [0.717, 1.165) is 0 Å².